The van der Waals surface area contributed by atoms with Crippen LogP contribution in [0.15, 0.2) is 0 Å². The molecule has 0 aliphatic heterocycles. The van der Waals surface area contributed by atoms with Crippen molar-refractivity contribution in [1.29, 1.82) is 0 Å². The summed E-state index contributed by atoms with van der Waals surface area (Å²) in [4.78, 5) is 0. The first kappa shape index (κ1) is 17.5. The molecule has 0 heterocycles. The summed E-state index contributed by atoms with van der Waals surface area (Å²) < 4.78 is 0. The Morgan fingerprint density at radius 1 is 0.714 bits per heavy atom. The molecule has 14 heavy (non-hydrogen) atoms. The zero-order chi connectivity index (χ0) is 10.4. The van der Waals surface area contributed by atoms with Gasteiger partial charge < -0.3 is 0 Å². The molecule has 2 aliphatic carbocycles. The summed E-state index contributed by atoms with van der Waals surface area (Å²) >= 11 is 0. The fourth-order valence-electron chi connectivity index (χ4n) is 2.87. The minimum Gasteiger partial charge on any atom is -0.0683 e. The fraction of sp³-hybridized carbons (Fsp3) is 1.00. The molecule has 2 aliphatic rings. The van der Waals surface area contributed by atoms with Gasteiger partial charge >= 0.3 is 0 Å². The Morgan fingerprint density at radius 3 is 1.14 bits per heavy atom. The van der Waals surface area contributed by atoms with Crippen molar-refractivity contribution in [3.8, 4) is 0 Å². The van der Waals surface area contributed by atoms with Gasteiger partial charge in [0.1, 0.15) is 0 Å². The average molecular weight is 273 g/mol. The summed E-state index contributed by atoms with van der Waals surface area (Å²) in [5, 5.41) is 0. The molecular weight excluding hydrogens is 245 g/mol. The Morgan fingerprint density at radius 2 is 1.00 bits per heavy atom. The Kier molecular flexibility index (Phi) is 11.7. The van der Waals surface area contributed by atoms with E-state index >= 15 is 0 Å². The molecule has 2 saturated carbocycles. The molecule has 0 amide bonds. The molecule has 0 aromatic heterocycles. The summed E-state index contributed by atoms with van der Waals surface area (Å²) in [6, 6.07) is 0. The van der Waals surface area contributed by atoms with Crippen molar-refractivity contribution >= 4 is 0 Å². The summed E-state index contributed by atoms with van der Waals surface area (Å²) in [6.07, 6.45) is 4.63. The van der Waals surface area contributed by atoms with Crippen LogP contribution in [0, 0.1) is 23.7 Å². The first-order chi connectivity index (χ1) is 6.29. The summed E-state index contributed by atoms with van der Waals surface area (Å²) in [7, 11) is 0. The predicted octanol–water partition coefficient (Wildman–Crippen LogP) is 4.74. The summed E-state index contributed by atoms with van der Waals surface area (Å²) in [6.45, 7) is 12.9. The normalized spacial score (nSPS) is 37.3. The van der Waals surface area contributed by atoms with Crippen molar-refractivity contribution in [1.82, 2.24) is 0 Å². The minimum atomic E-state index is 0. The van der Waals surface area contributed by atoms with Gasteiger partial charge in [-0.3, -0.25) is 0 Å². The van der Waals surface area contributed by atoms with E-state index in [4.69, 9.17) is 0 Å². The smallest absolute Gasteiger partial charge is 0 e. The van der Waals surface area contributed by atoms with Crippen LogP contribution in [0.3, 0.4) is 0 Å². The van der Waals surface area contributed by atoms with E-state index in [1.165, 1.54) is 12.8 Å². The largest absolute Gasteiger partial charge is 0.0683 e. The number of rotatable bonds is 0. The zero-order valence-electron chi connectivity index (χ0n) is 11.0. The van der Waals surface area contributed by atoms with Crippen LogP contribution in [0.1, 0.15) is 60.8 Å². The molecule has 4 unspecified atom stereocenters. The molecule has 0 N–H and O–H groups in total. The Balaban J connectivity index is 0. The van der Waals surface area contributed by atoms with Gasteiger partial charge in [0.15, 0.2) is 0 Å². The second-order valence-corrected chi connectivity index (χ2v) is 4.05. The van der Waals surface area contributed by atoms with E-state index in [9.17, 15) is 0 Å². The van der Waals surface area contributed by atoms with Gasteiger partial charge in [-0.15, -0.1) is 0 Å². The van der Waals surface area contributed by atoms with Crippen LogP contribution in [0.5, 0.6) is 0 Å². The second-order valence-electron chi connectivity index (χ2n) is 4.05. The van der Waals surface area contributed by atoms with Crippen LogP contribution in [0.2, 0.25) is 0 Å². The molecule has 83 valence electrons. The third-order valence-electron chi connectivity index (χ3n) is 3.83. The molecule has 2 rings (SSSR count). The van der Waals surface area contributed by atoms with Crippen LogP contribution in [-0.2, 0) is 32.7 Å². The van der Waals surface area contributed by atoms with Crippen molar-refractivity contribution in [2.45, 2.75) is 60.8 Å². The standard InChI is InChI=1S/C9H16.2C2H6.Y/c1-6-7(2)9-4-3-8(6)5-9;2*1-2;/h6-9H,3-5H2,1-2H3;2*1-2H3;. The van der Waals surface area contributed by atoms with Crippen molar-refractivity contribution in [3.63, 3.8) is 0 Å². The fourth-order valence-corrected chi connectivity index (χ4v) is 2.87. The third-order valence-corrected chi connectivity index (χ3v) is 3.83. The number of hydrogen-bond donors (Lipinski definition) is 0. The van der Waals surface area contributed by atoms with Crippen LogP contribution in [0.25, 0.3) is 0 Å². The molecule has 1 heteroatoms. The molecular formula is C13H28Y. The van der Waals surface area contributed by atoms with Crippen molar-refractivity contribution in [2.75, 3.05) is 0 Å². The first-order valence-electron chi connectivity index (χ1n) is 6.29. The molecule has 0 spiro atoms. The Labute approximate surface area is 117 Å². The molecule has 2 bridgehead atoms. The van der Waals surface area contributed by atoms with Crippen LogP contribution in [-0.4, -0.2) is 0 Å². The van der Waals surface area contributed by atoms with E-state index in [1.54, 1.807) is 6.42 Å². The zero-order valence-corrected chi connectivity index (χ0v) is 13.8. The SMILES string of the molecule is CC.CC.CC1C2CCC(C2)C1C.[Y]. The van der Waals surface area contributed by atoms with Crippen molar-refractivity contribution in [2.24, 2.45) is 23.7 Å². The summed E-state index contributed by atoms with van der Waals surface area (Å²) in [5.74, 6) is 4.32. The predicted molar refractivity (Wildman–Crippen MR) is 61.9 cm³/mol. The van der Waals surface area contributed by atoms with Crippen LogP contribution in [0.4, 0.5) is 0 Å². The van der Waals surface area contributed by atoms with E-state index in [1.807, 2.05) is 27.7 Å². The van der Waals surface area contributed by atoms with Gasteiger partial charge in [-0.1, -0.05) is 41.5 Å². The minimum absolute atomic E-state index is 0. The molecule has 1 radical (unpaired) electrons. The average Bonchev–Trinajstić information content (AvgIpc) is 2.78. The van der Waals surface area contributed by atoms with E-state index < -0.39 is 0 Å². The van der Waals surface area contributed by atoms with E-state index in [2.05, 4.69) is 13.8 Å². The Bertz CT molecular complexity index is 104. The maximum Gasteiger partial charge on any atom is 0 e. The quantitative estimate of drug-likeness (QED) is 0.598. The topological polar surface area (TPSA) is 0 Å². The van der Waals surface area contributed by atoms with E-state index in [0.717, 1.165) is 23.7 Å². The molecule has 0 nitrogen and oxygen atoms in total. The van der Waals surface area contributed by atoms with Crippen molar-refractivity contribution in [3.05, 3.63) is 0 Å². The van der Waals surface area contributed by atoms with Crippen LogP contribution < -0.4 is 0 Å². The van der Waals surface area contributed by atoms with Gasteiger partial charge in [0.2, 0.25) is 0 Å². The maximum absolute atomic E-state index is 2.44. The van der Waals surface area contributed by atoms with Gasteiger partial charge in [-0.05, 0) is 42.9 Å². The molecule has 0 aromatic rings. The monoisotopic (exact) mass is 273 g/mol. The number of hydrogen-bond acceptors (Lipinski definition) is 0. The Hall–Kier alpha value is 1.10. The maximum atomic E-state index is 2.44. The van der Waals surface area contributed by atoms with Gasteiger partial charge in [0.25, 0.3) is 0 Å². The molecule has 0 aromatic carbocycles. The van der Waals surface area contributed by atoms with Gasteiger partial charge in [-0.25, -0.2) is 0 Å². The van der Waals surface area contributed by atoms with E-state index in [-0.39, 0.29) is 32.7 Å². The summed E-state index contributed by atoms with van der Waals surface area (Å²) in [5.41, 5.74) is 0. The number of fused-ring (bicyclic) bond motifs is 2. The second kappa shape index (κ2) is 9.34. The van der Waals surface area contributed by atoms with Gasteiger partial charge in [0.05, 0.1) is 0 Å². The van der Waals surface area contributed by atoms with Gasteiger partial charge in [0, 0.05) is 32.7 Å². The van der Waals surface area contributed by atoms with Crippen molar-refractivity contribution < 1.29 is 32.7 Å². The molecule has 2 fully saturated rings. The molecule has 4 atom stereocenters. The first-order valence-corrected chi connectivity index (χ1v) is 6.29. The third kappa shape index (κ3) is 3.93. The van der Waals surface area contributed by atoms with Gasteiger partial charge in [-0.2, -0.15) is 0 Å². The van der Waals surface area contributed by atoms with E-state index in [0.29, 0.717) is 0 Å². The molecule has 0 saturated heterocycles. The van der Waals surface area contributed by atoms with Crippen LogP contribution >= 0.6 is 0 Å².